The normalized spacial score (nSPS) is 15.5. The zero-order valence-electron chi connectivity index (χ0n) is 21.0. The number of aromatic nitrogens is 3. The Morgan fingerprint density at radius 1 is 1.03 bits per heavy atom. The van der Waals surface area contributed by atoms with Crippen LogP contribution in [0.4, 0.5) is 0 Å². The Hall–Kier alpha value is -2.85. The highest BCUT2D eigenvalue weighted by Crippen LogP contribution is 2.41. The summed E-state index contributed by atoms with van der Waals surface area (Å²) < 4.78 is 31.4. The molecule has 0 atom stereocenters. The van der Waals surface area contributed by atoms with E-state index in [1.807, 2.05) is 64.1 Å². The number of aliphatic imine (C=N–C) groups is 1. The number of rotatable bonds is 3. The van der Waals surface area contributed by atoms with E-state index in [1.54, 1.807) is 15.6 Å². The fourth-order valence-corrected chi connectivity index (χ4v) is 9.11. The van der Waals surface area contributed by atoms with Crippen LogP contribution in [-0.4, -0.2) is 39.7 Å². The van der Waals surface area contributed by atoms with Crippen LogP contribution in [0.2, 0.25) is 5.02 Å². The molecule has 7 nitrogen and oxygen atoms in total. The number of hydrogen-bond donors (Lipinski definition) is 0. The van der Waals surface area contributed by atoms with Gasteiger partial charge in [0.25, 0.3) is 0 Å². The van der Waals surface area contributed by atoms with E-state index in [1.165, 1.54) is 0 Å². The summed E-state index contributed by atoms with van der Waals surface area (Å²) in [6.07, 6.45) is 0.588. The lowest BCUT2D eigenvalue weighted by atomic mass is 9.96. The topological polar surface area (TPSA) is 80.5 Å². The van der Waals surface area contributed by atoms with Gasteiger partial charge in [-0.3, -0.25) is 9.56 Å². The Labute approximate surface area is 225 Å². The van der Waals surface area contributed by atoms with Gasteiger partial charge in [0, 0.05) is 34.1 Å². The van der Waals surface area contributed by atoms with Crippen LogP contribution in [0.15, 0.2) is 46.3 Å². The van der Waals surface area contributed by atoms with E-state index < -0.39 is 10.0 Å². The number of halogens is 1. The van der Waals surface area contributed by atoms with Gasteiger partial charge < -0.3 is 0 Å². The summed E-state index contributed by atoms with van der Waals surface area (Å²) >= 11 is 8.23. The lowest BCUT2D eigenvalue weighted by Crippen LogP contribution is -2.36. The standard InChI is InChI=1S/C27H26ClN5O2S2/c1-15-11-16(2)26(17(3)12-15)37(34,35)32-10-9-20-22(14-32)36-27-24(20)25(19-7-5-6-8-21(19)28)29-13-23-31-30-18(4)33(23)27/h5-8,11-12H,9-10,13-14H2,1-4H3. The van der Waals surface area contributed by atoms with Crippen LogP contribution in [0, 0.1) is 27.7 Å². The van der Waals surface area contributed by atoms with Crippen LogP contribution in [0.25, 0.3) is 5.00 Å². The molecule has 4 heterocycles. The third-order valence-corrected chi connectivity index (χ3v) is 10.7. The fraction of sp³-hybridized carbons (Fsp3) is 0.296. The van der Waals surface area contributed by atoms with Crippen LogP contribution in [0.1, 0.15) is 49.9 Å². The molecular formula is C27H26ClN5O2S2. The lowest BCUT2D eigenvalue weighted by Gasteiger charge is -2.28. The molecule has 0 fully saturated rings. The van der Waals surface area contributed by atoms with E-state index in [-0.39, 0.29) is 0 Å². The highest BCUT2D eigenvalue weighted by atomic mass is 35.5. The number of nitrogens with zero attached hydrogens (tertiary/aromatic N) is 5. The summed E-state index contributed by atoms with van der Waals surface area (Å²) in [7, 11) is -3.66. The van der Waals surface area contributed by atoms with Crippen molar-refractivity contribution >= 4 is 38.7 Å². The molecule has 2 aliphatic rings. The summed E-state index contributed by atoms with van der Waals surface area (Å²) in [6, 6.07) is 11.6. The van der Waals surface area contributed by atoms with Crippen LogP contribution in [0.5, 0.6) is 0 Å². The average Bonchev–Trinajstić information content (AvgIpc) is 3.34. The van der Waals surface area contributed by atoms with Crippen LogP contribution in [-0.2, 0) is 29.5 Å². The fourth-order valence-electron chi connectivity index (χ4n) is 5.55. The van der Waals surface area contributed by atoms with Gasteiger partial charge in [0.05, 0.1) is 10.6 Å². The molecule has 2 aromatic carbocycles. The van der Waals surface area contributed by atoms with E-state index in [9.17, 15) is 8.42 Å². The highest BCUT2D eigenvalue weighted by molar-refractivity contribution is 7.89. The van der Waals surface area contributed by atoms with Crippen molar-refractivity contribution in [2.45, 2.75) is 52.1 Å². The molecule has 0 aliphatic carbocycles. The van der Waals surface area contributed by atoms with Crippen molar-refractivity contribution in [2.24, 2.45) is 4.99 Å². The predicted molar refractivity (Wildman–Crippen MR) is 147 cm³/mol. The number of hydrogen-bond acceptors (Lipinski definition) is 6. The minimum Gasteiger partial charge on any atom is -0.276 e. The molecule has 0 N–H and O–H groups in total. The zero-order valence-corrected chi connectivity index (χ0v) is 23.4. The summed E-state index contributed by atoms with van der Waals surface area (Å²) in [6.45, 7) is 8.77. The van der Waals surface area contributed by atoms with E-state index in [4.69, 9.17) is 16.6 Å². The molecule has 190 valence electrons. The highest BCUT2D eigenvalue weighted by Gasteiger charge is 2.36. The molecular weight excluding hydrogens is 526 g/mol. The first-order valence-corrected chi connectivity index (χ1v) is 14.7. The summed E-state index contributed by atoms with van der Waals surface area (Å²) in [5, 5.41) is 10.3. The molecule has 37 heavy (non-hydrogen) atoms. The van der Waals surface area contributed by atoms with Crippen LogP contribution >= 0.6 is 22.9 Å². The maximum atomic E-state index is 13.9. The van der Waals surface area contributed by atoms with Gasteiger partial charge in [0.15, 0.2) is 5.82 Å². The number of benzene rings is 2. The Morgan fingerprint density at radius 3 is 2.49 bits per heavy atom. The predicted octanol–water partition coefficient (Wildman–Crippen LogP) is 5.31. The number of aryl methyl sites for hydroxylation is 4. The average molecular weight is 552 g/mol. The lowest BCUT2D eigenvalue weighted by molar-refractivity contribution is 0.395. The zero-order chi connectivity index (χ0) is 26.1. The van der Waals surface area contributed by atoms with E-state index >= 15 is 0 Å². The van der Waals surface area contributed by atoms with Gasteiger partial charge in [0.1, 0.15) is 17.4 Å². The minimum atomic E-state index is -3.66. The van der Waals surface area contributed by atoms with Crippen molar-refractivity contribution in [1.29, 1.82) is 0 Å². The number of sulfonamides is 1. The van der Waals surface area contributed by atoms with Gasteiger partial charge in [-0.05, 0) is 56.9 Å². The molecule has 0 unspecified atom stereocenters. The first-order chi connectivity index (χ1) is 17.7. The Bertz CT molecular complexity index is 1700. The SMILES string of the molecule is Cc1cc(C)c(S(=O)(=O)N2CCc3c(sc4c3C(c3ccccc3Cl)=NCc3nnc(C)n3-4)C2)c(C)c1. The largest absolute Gasteiger partial charge is 0.276 e. The maximum absolute atomic E-state index is 13.9. The van der Waals surface area contributed by atoms with Crippen molar-refractivity contribution in [3.63, 3.8) is 0 Å². The van der Waals surface area contributed by atoms with Crippen molar-refractivity contribution < 1.29 is 8.42 Å². The van der Waals surface area contributed by atoms with Gasteiger partial charge in [0.2, 0.25) is 10.0 Å². The molecule has 0 saturated carbocycles. The molecule has 4 aromatic rings. The first kappa shape index (κ1) is 24.5. The third-order valence-electron chi connectivity index (χ3n) is 7.05. The van der Waals surface area contributed by atoms with Gasteiger partial charge in [-0.25, -0.2) is 8.42 Å². The molecule has 10 heteroatoms. The molecule has 0 spiro atoms. The number of thiophene rings is 1. The van der Waals surface area contributed by atoms with Crippen LogP contribution in [0.3, 0.4) is 0 Å². The van der Waals surface area contributed by atoms with Crippen molar-refractivity contribution in [3.05, 3.63) is 91.3 Å². The second-order valence-corrected chi connectivity index (χ2v) is 13.0. The summed E-state index contributed by atoms with van der Waals surface area (Å²) in [4.78, 5) is 6.39. The third kappa shape index (κ3) is 3.87. The molecule has 0 bridgehead atoms. The first-order valence-electron chi connectivity index (χ1n) is 12.1. The van der Waals surface area contributed by atoms with E-state index in [0.717, 1.165) is 60.6 Å². The van der Waals surface area contributed by atoms with Crippen LogP contribution < -0.4 is 0 Å². The second-order valence-electron chi connectivity index (χ2n) is 9.64. The quantitative estimate of drug-likeness (QED) is 0.345. The number of fused-ring (bicyclic) bond motifs is 5. The molecule has 0 amide bonds. The van der Waals surface area contributed by atoms with Gasteiger partial charge in [-0.15, -0.1) is 21.5 Å². The van der Waals surface area contributed by atoms with Crippen molar-refractivity contribution in [3.8, 4) is 5.00 Å². The van der Waals surface area contributed by atoms with Crippen molar-refractivity contribution in [1.82, 2.24) is 19.1 Å². The van der Waals surface area contributed by atoms with E-state index in [2.05, 4.69) is 14.8 Å². The molecule has 2 aromatic heterocycles. The maximum Gasteiger partial charge on any atom is 0.243 e. The van der Waals surface area contributed by atoms with Gasteiger partial charge in [-0.1, -0.05) is 47.5 Å². The van der Waals surface area contributed by atoms with Gasteiger partial charge >= 0.3 is 0 Å². The molecule has 2 aliphatic heterocycles. The monoisotopic (exact) mass is 551 g/mol. The molecule has 6 rings (SSSR count). The smallest absolute Gasteiger partial charge is 0.243 e. The molecule has 0 saturated heterocycles. The van der Waals surface area contributed by atoms with E-state index in [0.29, 0.717) is 36.0 Å². The van der Waals surface area contributed by atoms with Gasteiger partial charge in [-0.2, -0.15) is 4.31 Å². The Kier molecular flexibility index (Phi) is 5.87. The molecule has 0 radical (unpaired) electrons. The summed E-state index contributed by atoms with van der Waals surface area (Å²) in [5.41, 5.74) is 6.44. The Morgan fingerprint density at radius 2 is 1.76 bits per heavy atom. The Balaban J connectivity index is 1.49. The second kappa shape index (κ2) is 8.87. The minimum absolute atomic E-state index is 0.314. The van der Waals surface area contributed by atoms with Crippen molar-refractivity contribution in [2.75, 3.05) is 6.54 Å². The summed E-state index contributed by atoms with van der Waals surface area (Å²) in [5.74, 6) is 1.54.